The second-order valence-electron chi connectivity index (χ2n) is 3.00. The van der Waals surface area contributed by atoms with Gasteiger partial charge in [-0.1, -0.05) is 60.7 Å². The van der Waals surface area contributed by atoms with E-state index in [1.807, 2.05) is 61.6 Å². The zero-order chi connectivity index (χ0) is 10.9. The molecule has 0 bridgehead atoms. The van der Waals surface area contributed by atoms with Gasteiger partial charge in [0.1, 0.15) is 0 Å². The third-order valence-electron chi connectivity index (χ3n) is 1.83. The van der Waals surface area contributed by atoms with E-state index in [2.05, 4.69) is 0 Å². The first-order valence-corrected chi connectivity index (χ1v) is 4.90. The van der Waals surface area contributed by atoms with Crippen molar-refractivity contribution in [2.75, 3.05) is 0 Å². The standard InChI is InChI=1S/C14H14O/c1-2-3-4-5-9-12-14(15)13-10-7-6-8-11-13/h2-12H,1H3/b3-2-,5-4-,12-9+. The summed E-state index contributed by atoms with van der Waals surface area (Å²) in [5, 5.41) is 0. The van der Waals surface area contributed by atoms with Crippen molar-refractivity contribution in [2.45, 2.75) is 6.92 Å². The maximum absolute atomic E-state index is 11.5. The summed E-state index contributed by atoms with van der Waals surface area (Å²) in [4.78, 5) is 11.5. The van der Waals surface area contributed by atoms with Crippen molar-refractivity contribution < 1.29 is 4.79 Å². The molecular weight excluding hydrogens is 184 g/mol. The lowest BCUT2D eigenvalue weighted by molar-refractivity contribution is 0.104. The molecule has 0 aliphatic rings. The van der Waals surface area contributed by atoms with Crippen LogP contribution < -0.4 is 0 Å². The van der Waals surface area contributed by atoms with E-state index in [9.17, 15) is 4.79 Å². The van der Waals surface area contributed by atoms with Crippen molar-refractivity contribution >= 4 is 5.78 Å². The van der Waals surface area contributed by atoms with Gasteiger partial charge in [-0.15, -0.1) is 0 Å². The lowest BCUT2D eigenvalue weighted by Gasteiger charge is -1.92. The molecule has 0 aliphatic heterocycles. The van der Waals surface area contributed by atoms with Crippen molar-refractivity contribution in [3.63, 3.8) is 0 Å². The molecule has 0 saturated heterocycles. The zero-order valence-electron chi connectivity index (χ0n) is 8.76. The number of allylic oxidation sites excluding steroid dienone is 6. The molecule has 0 atom stereocenters. The molecule has 0 aliphatic carbocycles. The fourth-order valence-corrected chi connectivity index (χ4v) is 1.08. The predicted octanol–water partition coefficient (Wildman–Crippen LogP) is 3.56. The summed E-state index contributed by atoms with van der Waals surface area (Å²) in [6, 6.07) is 9.23. The highest BCUT2D eigenvalue weighted by Gasteiger charge is 1.97. The van der Waals surface area contributed by atoms with Crippen LogP contribution in [-0.2, 0) is 0 Å². The number of rotatable bonds is 4. The summed E-state index contributed by atoms with van der Waals surface area (Å²) in [5.41, 5.74) is 0.716. The normalized spacial score (nSPS) is 11.8. The van der Waals surface area contributed by atoms with Crippen molar-refractivity contribution in [1.82, 2.24) is 0 Å². The fourth-order valence-electron chi connectivity index (χ4n) is 1.08. The summed E-state index contributed by atoms with van der Waals surface area (Å²) in [5.74, 6) is 0.0285. The van der Waals surface area contributed by atoms with Gasteiger partial charge in [0.15, 0.2) is 5.78 Å². The molecule has 0 saturated carbocycles. The molecule has 0 amide bonds. The van der Waals surface area contributed by atoms with Crippen molar-refractivity contribution in [2.24, 2.45) is 0 Å². The largest absolute Gasteiger partial charge is 0.289 e. The maximum Gasteiger partial charge on any atom is 0.185 e. The Morgan fingerprint density at radius 3 is 2.33 bits per heavy atom. The number of carbonyl (C=O) groups excluding carboxylic acids is 1. The first-order valence-electron chi connectivity index (χ1n) is 4.90. The third-order valence-corrected chi connectivity index (χ3v) is 1.83. The van der Waals surface area contributed by atoms with Gasteiger partial charge >= 0.3 is 0 Å². The van der Waals surface area contributed by atoms with Crippen LogP contribution in [0.1, 0.15) is 17.3 Å². The van der Waals surface area contributed by atoms with Crippen LogP contribution >= 0.6 is 0 Å². The molecular formula is C14H14O. The summed E-state index contributed by atoms with van der Waals surface area (Å²) in [7, 11) is 0. The molecule has 0 spiro atoms. The van der Waals surface area contributed by atoms with Gasteiger partial charge in [-0.2, -0.15) is 0 Å². The molecule has 1 aromatic carbocycles. The Bertz CT molecular complexity index is 383. The van der Waals surface area contributed by atoms with Crippen LogP contribution in [0.5, 0.6) is 0 Å². The van der Waals surface area contributed by atoms with Crippen molar-refractivity contribution in [1.29, 1.82) is 0 Å². The summed E-state index contributed by atoms with van der Waals surface area (Å²) in [6.07, 6.45) is 10.9. The topological polar surface area (TPSA) is 17.1 Å². The number of carbonyl (C=O) groups is 1. The highest BCUT2D eigenvalue weighted by Crippen LogP contribution is 2.00. The lowest BCUT2D eigenvalue weighted by Crippen LogP contribution is -1.92. The molecule has 1 heteroatoms. The Morgan fingerprint density at radius 2 is 1.67 bits per heavy atom. The van der Waals surface area contributed by atoms with Crippen molar-refractivity contribution in [3.05, 3.63) is 72.4 Å². The first kappa shape index (κ1) is 11.2. The van der Waals surface area contributed by atoms with Crippen LogP contribution in [0.25, 0.3) is 0 Å². The smallest absolute Gasteiger partial charge is 0.185 e. The van der Waals surface area contributed by atoms with Crippen LogP contribution in [0.4, 0.5) is 0 Å². The van der Waals surface area contributed by atoms with E-state index in [1.165, 1.54) is 0 Å². The molecule has 76 valence electrons. The van der Waals surface area contributed by atoms with Crippen LogP contribution in [-0.4, -0.2) is 5.78 Å². The number of ketones is 1. The van der Waals surface area contributed by atoms with E-state index in [0.29, 0.717) is 5.56 Å². The Balaban J connectivity index is 2.57. The summed E-state index contributed by atoms with van der Waals surface area (Å²) in [6.45, 7) is 1.95. The first-order chi connectivity index (χ1) is 7.34. The van der Waals surface area contributed by atoms with E-state index >= 15 is 0 Å². The molecule has 15 heavy (non-hydrogen) atoms. The molecule has 0 aromatic heterocycles. The second kappa shape index (κ2) is 6.55. The minimum atomic E-state index is 0.0285. The predicted molar refractivity (Wildman–Crippen MR) is 63.9 cm³/mol. The van der Waals surface area contributed by atoms with E-state index in [4.69, 9.17) is 0 Å². The Morgan fingerprint density at radius 1 is 1.00 bits per heavy atom. The molecule has 0 unspecified atom stereocenters. The molecule has 1 aromatic rings. The SMILES string of the molecule is C\C=C/C=C\C=C\C(=O)c1ccccc1. The molecule has 0 N–H and O–H groups in total. The molecule has 0 fully saturated rings. The lowest BCUT2D eigenvalue weighted by atomic mass is 10.1. The van der Waals surface area contributed by atoms with E-state index < -0.39 is 0 Å². The van der Waals surface area contributed by atoms with Gasteiger partial charge in [-0.25, -0.2) is 0 Å². The minimum absolute atomic E-state index is 0.0285. The van der Waals surface area contributed by atoms with Crippen LogP contribution in [0.15, 0.2) is 66.8 Å². The van der Waals surface area contributed by atoms with Gasteiger partial charge in [0.05, 0.1) is 0 Å². The molecule has 1 rings (SSSR count). The monoisotopic (exact) mass is 198 g/mol. The van der Waals surface area contributed by atoms with Crippen molar-refractivity contribution in [3.8, 4) is 0 Å². The fraction of sp³-hybridized carbons (Fsp3) is 0.0714. The third kappa shape index (κ3) is 4.23. The van der Waals surface area contributed by atoms with E-state index in [0.717, 1.165) is 0 Å². The van der Waals surface area contributed by atoms with E-state index in [1.54, 1.807) is 12.2 Å². The van der Waals surface area contributed by atoms with E-state index in [-0.39, 0.29) is 5.78 Å². The Labute approximate surface area is 90.4 Å². The average Bonchev–Trinajstić information content (AvgIpc) is 2.30. The number of benzene rings is 1. The van der Waals surface area contributed by atoms with Gasteiger partial charge in [0.2, 0.25) is 0 Å². The van der Waals surface area contributed by atoms with Crippen LogP contribution in [0, 0.1) is 0 Å². The number of hydrogen-bond donors (Lipinski definition) is 0. The quantitative estimate of drug-likeness (QED) is 0.410. The Kier molecular flexibility index (Phi) is 4.88. The van der Waals surface area contributed by atoms with Crippen LogP contribution in [0.3, 0.4) is 0 Å². The zero-order valence-corrected chi connectivity index (χ0v) is 8.76. The molecule has 0 heterocycles. The van der Waals surface area contributed by atoms with Gasteiger partial charge in [-0.3, -0.25) is 4.79 Å². The minimum Gasteiger partial charge on any atom is -0.289 e. The highest BCUT2D eigenvalue weighted by molar-refractivity contribution is 6.04. The molecule has 0 radical (unpaired) electrons. The summed E-state index contributed by atoms with van der Waals surface area (Å²) >= 11 is 0. The van der Waals surface area contributed by atoms with Gasteiger partial charge < -0.3 is 0 Å². The van der Waals surface area contributed by atoms with Gasteiger partial charge in [0.25, 0.3) is 0 Å². The number of hydrogen-bond acceptors (Lipinski definition) is 1. The van der Waals surface area contributed by atoms with Gasteiger partial charge in [0, 0.05) is 5.56 Å². The molecule has 1 nitrogen and oxygen atoms in total. The highest BCUT2D eigenvalue weighted by atomic mass is 16.1. The van der Waals surface area contributed by atoms with Gasteiger partial charge in [-0.05, 0) is 13.0 Å². The summed E-state index contributed by atoms with van der Waals surface area (Å²) < 4.78 is 0. The van der Waals surface area contributed by atoms with Crippen LogP contribution in [0.2, 0.25) is 0 Å². The Hall–Kier alpha value is -1.89. The second-order valence-corrected chi connectivity index (χ2v) is 3.00. The maximum atomic E-state index is 11.5. The average molecular weight is 198 g/mol.